The first-order valence-electron chi connectivity index (χ1n) is 7.25. The van der Waals surface area contributed by atoms with Crippen LogP contribution < -0.4 is 10.1 Å². The summed E-state index contributed by atoms with van der Waals surface area (Å²) in [5, 5.41) is 6.45. The SMILES string of the molecule is c1cc(OCCC2CCNCC2)cc(-c2nccs2)c1. The third-order valence-electron chi connectivity index (χ3n) is 3.77. The average molecular weight is 288 g/mol. The summed E-state index contributed by atoms with van der Waals surface area (Å²) < 4.78 is 5.90. The molecular formula is C16H20N2OS. The standard InChI is InChI=1S/C16H20N2OS/c1-2-14(16-18-9-11-20-16)12-15(3-1)19-10-6-13-4-7-17-8-5-13/h1-3,9,11-13,17H,4-8,10H2. The zero-order valence-electron chi connectivity index (χ0n) is 11.5. The quantitative estimate of drug-likeness (QED) is 0.913. The first kappa shape index (κ1) is 13.6. The van der Waals surface area contributed by atoms with E-state index in [0.717, 1.165) is 48.4 Å². The fourth-order valence-electron chi connectivity index (χ4n) is 2.60. The number of rotatable bonds is 5. The molecule has 0 spiro atoms. The number of benzene rings is 1. The summed E-state index contributed by atoms with van der Waals surface area (Å²) in [6, 6.07) is 8.23. The van der Waals surface area contributed by atoms with Gasteiger partial charge < -0.3 is 10.1 Å². The number of hydrogen-bond donors (Lipinski definition) is 1. The van der Waals surface area contributed by atoms with Gasteiger partial charge in [0.25, 0.3) is 0 Å². The average Bonchev–Trinajstić information content (AvgIpc) is 3.03. The topological polar surface area (TPSA) is 34.1 Å². The molecule has 0 amide bonds. The van der Waals surface area contributed by atoms with Crippen molar-refractivity contribution in [2.24, 2.45) is 5.92 Å². The summed E-state index contributed by atoms with van der Waals surface area (Å²) in [7, 11) is 0. The van der Waals surface area contributed by atoms with Gasteiger partial charge in [0.05, 0.1) is 6.61 Å². The van der Waals surface area contributed by atoms with Gasteiger partial charge in [-0.2, -0.15) is 0 Å². The molecule has 0 atom stereocenters. The van der Waals surface area contributed by atoms with Gasteiger partial charge in [0.15, 0.2) is 0 Å². The second-order valence-electron chi connectivity index (χ2n) is 5.20. The van der Waals surface area contributed by atoms with Crippen LogP contribution in [0.1, 0.15) is 19.3 Å². The number of hydrogen-bond acceptors (Lipinski definition) is 4. The van der Waals surface area contributed by atoms with Gasteiger partial charge in [-0.1, -0.05) is 12.1 Å². The molecule has 1 saturated heterocycles. The summed E-state index contributed by atoms with van der Waals surface area (Å²) in [5.74, 6) is 1.77. The van der Waals surface area contributed by atoms with Crippen LogP contribution in [0.5, 0.6) is 5.75 Å². The van der Waals surface area contributed by atoms with Crippen molar-refractivity contribution in [1.29, 1.82) is 0 Å². The van der Waals surface area contributed by atoms with Gasteiger partial charge in [0.2, 0.25) is 0 Å². The minimum atomic E-state index is 0.811. The Labute approximate surface area is 124 Å². The van der Waals surface area contributed by atoms with Gasteiger partial charge >= 0.3 is 0 Å². The van der Waals surface area contributed by atoms with E-state index in [1.54, 1.807) is 11.3 Å². The lowest BCUT2D eigenvalue weighted by atomic mass is 9.95. The van der Waals surface area contributed by atoms with Gasteiger partial charge in [-0.05, 0) is 50.4 Å². The highest BCUT2D eigenvalue weighted by molar-refractivity contribution is 7.13. The molecule has 1 aliphatic heterocycles. The van der Waals surface area contributed by atoms with Crippen molar-refractivity contribution in [3.8, 4) is 16.3 Å². The van der Waals surface area contributed by atoms with Crippen LogP contribution in [-0.2, 0) is 0 Å². The molecule has 0 radical (unpaired) electrons. The molecule has 106 valence electrons. The zero-order chi connectivity index (χ0) is 13.6. The number of nitrogens with one attached hydrogen (secondary N) is 1. The van der Waals surface area contributed by atoms with Crippen LogP contribution in [0.2, 0.25) is 0 Å². The summed E-state index contributed by atoms with van der Waals surface area (Å²) in [6.07, 6.45) is 5.55. The molecular weight excluding hydrogens is 268 g/mol. The predicted molar refractivity (Wildman–Crippen MR) is 83.3 cm³/mol. The molecule has 1 N–H and O–H groups in total. The smallest absolute Gasteiger partial charge is 0.123 e. The Morgan fingerprint density at radius 2 is 2.20 bits per heavy atom. The van der Waals surface area contributed by atoms with Crippen LogP contribution in [0, 0.1) is 5.92 Å². The van der Waals surface area contributed by atoms with Crippen LogP contribution in [-0.4, -0.2) is 24.7 Å². The highest BCUT2D eigenvalue weighted by atomic mass is 32.1. The molecule has 0 unspecified atom stereocenters. The normalized spacial score (nSPS) is 16.2. The predicted octanol–water partition coefficient (Wildman–Crippen LogP) is 3.58. The van der Waals surface area contributed by atoms with Crippen LogP contribution in [0.25, 0.3) is 10.6 Å². The molecule has 3 rings (SSSR count). The van der Waals surface area contributed by atoms with Crippen molar-refractivity contribution in [2.75, 3.05) is 19.7 Å². The second-order valence-corrected chi connectivity index (χ2v) is 6.09. The Kier molecular flexibility index (Phi) is 4.66. The molecule has 1 aromatic carbocycles. The Morgan fingerprint density at radius 3 is 3.00 bits per heavy atom. The number of nitrogens with zero attached hydrogens (tertiary/aromatic N) is 1. The second kappa shape index (κ2) is 6.86. The van der Waals surface area contributed by atoms with Gasteiger partial charge in [-0.3, -0.25) is 0 Å². The van der Waals surface area contributed by atoms with E-state index in [9.17, 15) is 0 Å². The Morgan fingerprint density at radius 1 is 1.30 bits per heavy atom. The molecule has 0 saturated carbocycles. The van der Waals surface area contributed by atoms with E-state index in [2.05, 4.69) is 22.4 Å². The number of ether oxygens (including phenoxy) is 1. The highest BCUT2D eigenvalue weighted by Crippen LogP contribution is 2.26. The summed E-state index contributed by atoms with van der Waals surface area (Å²) in [4.78, 5) is 4.34. The molecule has 3 nitrogen and oxygen atoms in total. The molecule has 1 aromatic heterocycles. The van der Waals surface area contributed by atoms with E-state index >= 15 is 0 Å². The lowest BCUT2D eigenvalue weighted by Crippen LogP contribution is -2.28. The van der Waals surface area contributed by atoms with Crippen molar-refractivity contribution in [2.45, 2.75) is 19.3 Å². The van der Waals surface area contributed by atoms with Crippen molar-refractivity contribution >= 4 is 11.3 Å². The van der Waals surface area contributed by atoms with Crippen molar-refractivity contribution in [1.82, 2.24) is 10.3 Å². The summed E-state index contributed by atoms with van der Waals surface area (Å²) in [5.41, 5.74) is 1.14. The van der Waals surface area contributed by atoms with Crippen molar-refractivity contribution in [3.63, 3.8) is 0 Å². The molecule has 0 bridgehead atoms. The van der Waals surface area contributed by atoms with E-state index in [1.807, 2.05) is 23.7 Å². The fraction of sp³-hybridized carbons (Fsp3) is 0.438. The monoisotopic (exact) mass is 288 g/mol. The van der Waals surface area contributed by atoms with Crippen molar-refractivity contribution in [3.05, 3.63) is 35.8 Å². The van der Waals surface area contributed by atoms with E-state index < -0.39 is 0 Å². The third-order valence-corrected chi connectivity index (χ3v) is 4.59. The number of aromatic nitrogens is 1. The van der Waals surface area contributed by atoms with Crippen LogP contribution >= 0.6 is 11.3 Å². The fourth-order valence-corrected chi connectivity index (χ4v) is 3.23. The Balaban J connectivity index is 1.53. The van der Waals surface area contributed by atoms with E-state index in [-0.39, 0.29) is 0 Å². The van der Waals surface area contributed by atoms with E-state index in [1.165, 1.54) is 12.8 Å². The lowest BCUT2D eigenvalue weighted by molar-refractivity contribution is 0.252. The largest absolute Gasteiger partial charge is 0.494 e. The Bertz CT molecular complexity index is 521. The minimum absolute atomic E-state index is 0.811. The maximum atomic E-state index is 5.90. The Hall–Kier alpha value is -1.39. The van der Waals surface area contributed by atoms with E-state index in [0.29, 0.717) is 0 Å². The van der Waals surface area contributed by atoms with Crippen LogP contribution in [0.15, 0.2) is 35.8 Å². The molecule has 2 heterocycles. The maximum absolute atomic E-state index is 5.90. The minimum Gasteiger partial charge on any atom is -0.494 e. The third kappa shape index (κ3) is 3.58. The highest BCUT2D eigenvalue weighted by Gasteiger charge is 2.12. The molecule has 4 heteroatoms. The van der Waals surface area contributed by atoms with Gasteiger partial charge in [-0.25, -0.2) is 4.98 Å². The number of piperidine rings is 1. The number of thiazole rings is 1. The van der Waals surface area contributed by atoms with Crippen LogP contribution in [0.3, 0.4) is 0 Å². The molecule has 2 aromatic rings. The molecule has 0 aliphatic carbocycles. The first-order chi connectivity index (χ1) is 9.92. The van der Waals surface area contributed by atoms with Gasteiger partial charge in [0, 0.05) is 17.1 Å². The molecule has 1 aliphatic rings. The first-order valence-corrected chi connectivity index (χ1v) is 8.13. The zero-order valence-corrected chi connectivity index (χ0v) is 12.4. The summed E-state index contributed by atoms with van der Waals surface area (Å²) in [6.45, 7) is 3.13. The van der Waals surface area contributed by atoms with Gasteiger partial charge in [0.1, 0.15) is 10.8 Å². The molecule has 1 fully saturated rings. The van der Waals surface area contributed by atoms with Crippen molar-refractivity contribution < 1.29 is 4.74 Å². The molecule has 20 heavy (non-hydrogen) atoms. The van der Waals surface area contributed by atoms with Gasteiger partial charge in [-0.15, -0.1) is 11.3 Å². The summed E-state index contributed by atoms with van der Waals surface area (Å²) >= 11 is 1.66. The lowest BCUT2D eigenvalue weighted by Gasteiger charge is -2.22. The van der Waals surface area contributed by atoms with E-state index in [4.69, 9.17) is 4.74 Å². The maximum Gasteiger partial charge on any atom is 0.123 e. The van der Waals surface area contributed by atoms with Crippen LogP contribution in [0.4, 0.5) is 0 Å².